The van der Waals surface area contributed by atoms with Crippen molar-refractivity contribution >= 4 is 17.6 Å². The van der Waals surface area contributed by atoms with E-state index in [0.717, 1.165) is 43.8 Å². The largest absolute Gasteiger partial charge is 0.327 e. The molecule has 21 heavy (non-hydrogen) atoms. The quantitative estimate of drug-likeness (QED) is 0.874. The van der Waals surface area contributed by atoms with E-state index in [1.165, 1.54) is 11.1 Å². The van der Waals surface area contributed by atoms with E-state index < -0.39 is 0 Å². The Kier molecular flexibility index (Phi) is 3.22. The van der Waals surface area contributed by atoms with Crippen LogP contribution in [0.25, 0.3) is 0 Å². The second-order valence-electron chi connectivity index (χ2n) is 5.84. The molecule has 4 rings (SSSR count). The zero-order valence-corrected chi connectivity index (χ0v) is 12.6. The molecule has 1 amide bonds. The molecule has 1 aromatic carbocycles. The molecule has 0 spiro atoms. The van der Waals surface area contributed by atoms with Gasteiger partial charge in [0.25, 0.3) is 5.91 Å². The van der Waals surface area contributed by atoms with Crippen molar-refractivity contribution in [2.45, 2.75) is 44.2 Å². The minimum atomic E-state index is 0.0490. The molecule has 1 saturated carbocycles. The van der Waals surface area contributed by atoms with Crippen LogP contribution in [0.15, 0.2) is 30.5 Å². The molecule has 0 unspecified atom stereocenters. The third kappa shape index (κ3) is 2.35. The second-order valence-corrected chi connectivity index (χ2v) is 6.40. The van der Waals surface area contributed by atoms with Crippen LogP contribution in [0.3, 0.4) is 0 Å². The Balaban J connectivity index is 1.71. The zero-order chi connectivity index (χ0) is 14.2. The first-order chi connectivity index (χ1) is 10.3. The second kappa shape index (κ2) is 5.22. The first kappa shape index (κ1) is 13.0. The highest BCUT2D eigenvalue weighted by Crippen LogP contribution is 2.41. The van der Waals surface area contributed by atoms with Gasteiger partial charge in [-0.15, -0.1) is 0 Å². The van der Waals surface area contributed by atoms with Crippen LogP contribution >= 0.6 is 11.7 Å². The Morgan fingerprint density at radius 2 is 2.10 bits per heavy atom. The van der Waals surface area contributed by atoms with Gasteiger partial charge in [-0.05, 0) is 43.2 Å². The molecule has 2 aliphatic carbocycles. The summed E-state index contributed by atoms with van der Waals surface area (Å²) in [5.74, 6) is 0.0490. The minimum absolute atomic E-state index is 0.0490. The van der Waals surface area contributed by atoms with Crippen molar-refractivity contribution in [1.29, 1.82) is 0 Å². The van der Waals surface area contributed by atoms with Crippen LogP contribution in [0.4, 0.5) is 0 Å². The fourth-order valence-corrected chi connectivity index (χ4v) is 3.73. The van der Waals surface area contributed by atoms with Crippen molar-refractivity contribution in [3.8, 4) is 0 Å². The maximum absolute atomic E-state index is 12.8. The third-order valence-electron chi connectivity index (χ3n) is 4.43. The maximum atomic E-state index is 12.8. The number of amides is 1. The van der Waals surface area contributed by atoms with Crippen molar-refractivity contribution in [2.75, 3.05) is 0 Å². The highest BCUT2D eigenvalue weighted by atomic mass is 32.1. The van der Waals surface area contributed by atoms with Crippen LogP contribution < -0.4 is 0 Å². The molecule has 0 N–H and O–H groups in total. The van der Waals surface area contributed by atoms with Gasteiger partial charge in [0.15, 0.2) is 5.69 Å². The Morgan fingerprint density at radius 3 is 2.86 bits per heavy atom. The predicted octanol–water partition coefficient (Wildman–Crippen LogP) is 3.22. The number of hydrogen-bond acceptors (Lipinski definition) is 4. The Labute approximate surface area is 128 Å². The lowest BCUT2D eigenvalue weighted by atomic mass is 9.86. The van der Waals surface area contributed by atoms with Crippen LogP contribution in [0, 0.1) is 0 Å². The molecule has 4 nitrogen and oxygen atoms in total. The average molecular weight is 299 g/mol. The van der Waals surface area contributed by atoms with E-state index in [0.29, 0.717) is 11.7 Å². The Morgan fingerprint density at radius 1 is 1.24 bits per heavy atom. The van der Waals surface area contributed by atoms with E-state index >= 15 is 0 Å². The average Bonchev–Trinajstić information content (AvgIpc) is 3.20. The van der Waals surface area contributed by atoms with E-state index in [9.17, 15) is 4.79 Å². The lowest BCUT2D eigenvalue weighted by Crippen LogP contribution is -2.38. The van der Waals surface area contributed by atoms with Gasteiger partial charge in [-0.2, -0.15) is 8.75 Å². The van der Waals surface area contributed by atoms with Crippen LogP contribution in [0.1, 0.15) is 53.3 Å². The fraction of sp³-hybridized carbons (Fsp3) is 0.438. The van der Waals surface area contributed by atoms with Crippen molar-refractivity contribution in [3.63, 3.8) is 0 Å². The van der Waals surface area contributed by atoms with Gasteiger partial charge in [0.2, 0.25) is 0 Å². The first-order valence-corrected chi connectivity index (χ1v) is 8.25. The summed E-state index contributed by atoms with van der Waals surface area (Å²) < 4.78 is 8.12. The summed E-state index contributed by atoms with van der Waals surface area (Å²) in [5, 5.41) is 0. The monoisotopic (exact) mass is 299 g/mol. The molecule has 0 radical (unpaired) electrons. The Hall–Kier alpha value is -1.75. The van der Waals surface area contributed by atoms with Crippen molar-refractivity contribution < 1.29 is 4.79 Å². The highest BCUT2D eigenvalue weighted by Gasteiger charge is 2.40. The van der Waals surface area contributed by atoms with Crippen LogP contribution in [0.2, 0.25) is 0 Å². The standard InChI is InChI=1S/C16H17N3OS/c20-16(14-10-17-21-18-14)19(12-8-9-12)15-7-3-5-11-4-1-2-6-13(11)15/h1-2,4,6,10,12,15H,3,5,7-9H2/t15-/m1/s1. The van der Waals surface area contributed by atoms with Crippen LogP contribution in [0.5, 0.6) is 0 Å². The van der Waals surface area contributed by atoms with Gasteiger partial charge >= 0.3 is 0 Å². The van der Waals surface area contributed by atoms with Gasteiger partial charge in [-0.3, -0.25) is 4.79 Å². The number of nitrogens with zero attached hydrogens (tertiary/aromatic N) is 3. The minimum Gasteiger partial charge on any atom is -0.327 e. The van der Waals surface area contributed by atoms with Gasteiger partial charge in [-0.1, -0.05) is 24.3 Å². The zero-order valence-electron chi connectivity index (χ0n) is 11.7. The number of aromatic nitrogens is 2. The molecule has 2 aromatic rings. The maximum Gasteiger partial charge on any atom is 0.276 e. The summed E-state index contributed by atoms with van der Waals surface area (Å²) in [6, 6.07) is 9.14. The van der Waals surface area contributed by atoms with E-state index in [1.807, 2.05) is 0 Å². The van der Waals surface area contributed by atoms with Crippen LogP contribution in [-0.4, -0.2) is 25.6 Å². The number of carbonyl (C=O) groups is 1. The topological polar surface area (TPSA) is 46.1 Å². The molecule has 0 bridgehead atoms. The summed E-state index contributed by atoms with van der Waals surface area (Å²) in [6.07, 6.45) is 7.14. The Bertz CT molecular complexity index is 651. The molecular formula is C16H17N3OS. The number of rotatable bonds is 3. The first-order valence-electron chi connectivity index (χ1n) is 7.52. The van der Waals surface area contributed by atoms with Gasteiger partial charge in [0.1, 0.15) is 0 Å². The third-order valence-corrected chi connectivity index (χ3v) is 4.91. The molecule has 2 aliphatic rings. The smallest absolute Gasteiger partial charge is 0.276 e. The normalized spacial score (nSPS) is 20.9. The summed E-state index contributed by atoms with van der Waals surface area (Å²) >= 11 is 1.10. The van der Waals surface area contributed by atoms with Gasteiger partial charge in [0.05, 0.1) is 24.0 Å². The lowest BCUT2D eigenvalue weighted by Gasteiger charge is -2.35. The van der Waals surface area contributed by atoms with E-state index in [4.69, 9.17) is 0 Å². The number of benzene rings is 1. The molecule has 1 aromatic heterocycles. The summed E-state index contributed by atoms with van der Waals surface area (Å²) in [7, 11) is 0. The number of carbonyl (C=O) groups excluding carboxylic acids is 1. The van der Waals surface area contributed by atoms with Crippen molar-refractivity contribution in [3.05, 3.63) is 47.3 Å². The van der Waals surface area contributed by atoms with Crippen molar-refractivity contribution in [2.24, 2.45) is 0 Å². The SMILES string of the molecule is O=C(c1cnsn1)N(C1CC1)[C@@H]1CCCc2ccccc21. The van der Waals surface area contributed by atoms with Gasteiger partial charge < -0.3 is 4.90 Å². The molecular weight excluding hydrogens is 282 g/mol. The molecule has 108 valence electrons. The summed E-state index contributed by atoms with van der Waals surface area (Å²) in [5.41, 5.74) is 3.21. The fourth-order valence-electron chi connectivity index (χ4n) is 3.32. The van der Waals surface area contributed by atoms with E-state index in [1.54, 1.807) is 6.20 Å². The summed E-state index contributed by atoms with van der Waals surface area (Å²) in [6.45, 7) is 0. The molecule has 0 saturated heterocycles. The molecule has 1 atom stereocenters. The predicted molar refractivity (Wildman–Crippen MR) is 81.2 cm³/mol. The van der Waals surface area contributed by atoms with E-state index in [2.05, 4.69) is 37.9 Å². The van der Waals surface area contributed by atoms with Gasteiger partial charge in [-0.25, -0.2) is 0 Å². The van der Waals surface area contributed by atoms with Crippen LogP contribution in [-0.2, 0) is 6.42 Å². The molecule has 1 fully saturated rings. The lowest BCUT2D eigenvalue weighted by molar-refractivity contribution is 0.0633. The number of aryl methyl sites for hydroxylation is 1. The number of hydrogen-bond donors (Lipinski definition) is 0. The molecule has 1 heterocycles. The molecule has 5 heteroatoms. The molecule has 0 aliphatic heterocycles. The number of fused-ring (bicyclic) bond motifs is 1. The summed E-state index contributed by atoms with van der Waals surface area (Å²) in [4.78, 5) is 14.9. The highest BCUT2D eigenvalue weighted by molar-refractivity contribution is 6.99. The van der Waals surface area contributed by atoms with E-state index in [-0.39, 0.29) is 11.9 Å². The van der Waals surface area contributed by atoms with Gasteiger partial charge in [0, 0.05) is 6.04 Å². The van der Waals surface area contributed by atoms with Crippen molar-refractivity contribution in [1.82, 2.24) is 13.6 Å².